The van der Waals surface area contributed by atoms with Crippen molar-refractivity contribution < 1.29 is 9.59 Å². The molecule has 1 aromatic carbocycles. The van der Waals surface area contributed by atoms with Crippen molar-refractivity contribution in [3.8, 4) is 6.07 Å². The van der Waals surface area contributed by atoms with Gasteiger partial charge in [-0.3, -0.25) is 4.79 Å². The van der Waals surface area contributed by atoms with E-state index in [1.807, 2.05) is 32.3 Å². The lowest BCUT2D eigenvalue weighted by molar-refractivity contribution is 0.101. The number of aryl methyl sites for hydroxylation is 1. The first-order valence-corrected chi connectivity index (χ1v) is 11.4. The lowest BCUT2D eigenvalue weighted by atomic mass is 9.94. The van der Waals surface area contributed by atoms with Gasteiger partial charge in [-0.25, -0.2) is 9.78 Å². The number of urea groups is 1. The Bertz CT molecular complexity index is 1080. The van der Waals surface area contributed by atoms with Gasteiger partial charge in [0.1, 0.15) is 6.07 Å². The van der Waals surface area contributed by atoms with Gasteiger partial charge in [-0.05, 0) is 36.5 Å². The number of carbonyl (C=O) groups is 2. The minimum absolute atomic E-state index is 0.0344. The SMILES string of the molecule is CC1CCN(c2cc(C3CN(C)C(=O)N(C)C3)ccc2NC(=O)c2nc(C#N)cn2C)CC1. The first-order chi connectivity index (χ1) is 15.8. The maximum absolute atomic E-state index is 13.0. The van der Waals surface area contributed by atoms with Crippen molar-refractivity contribution in [3.63, 3.8) is 0 Å². The number of aromatic nitrogens is 2. The third-order valence-electron chi connectivity index (χ3n) is 6.70. The van der Waals surface area contributed by atoms with E-state index >= 15 is 0 Å². The summed E-state index contributed by atoms with van der Waals surface area (Å²) in [5, 5.41) is 12.1. The molecule has 0 radical (unpaired) electrons. The molecule has 174 valence electrons. The zero-order chi connectivity index (χ0) is 23.7. The van der Waals surface area contributed by atoms with E-state index in [2.05, 4.69) is 28.2 Å². The quantitative estimate of drug-likeness (QED) is 0.774. The summed E-state index contributed by atoms with van der Waals surface area (Å²) >= 11 is 0. The number of rotatable bonds is 4. The maximum atomic E-state index is 13.0. The molecule has 9 heteroatoms. The summed E-state index contributed by atoms with van der Waals surface area (Å²) in [6, 6.07) is 8.15. The van der Waals surface area contributed by atoms with Crippen LogP contribution >= 0.6 is 0 Å². The number of piperidine rings is 1. The van der Waals surface area contributed by atoms with Gasteiger partial charge < -0.3 is 24.6 Å². The Morgan fingerprint density at radius 2 is 1.82 bits per heavy atom. The van der Waals surface area contributed by atoms with Gasteiger partial charge in [0.2, 0.25) is 0 Å². The number of imidazole rings is 1. The summed E-state index contributed by atoms with van der Waals surface area (Å²) in [6.07, 6.45) is 3.75. The van der Waals surface area contributed by atoms with Crippen molar-refractivity contribution in [2.24, 2.45) is 13.0 Å². The molecule has 1 N–H and O–H groups in total. The van der Waals surface area contributed by atoms with Crippen LogP contribution in [0.3, 0.4) is 0 Å². The van der Waals surface area contributed by atoms with Crippen molar-refractivity contribution in [1.29, 1.82) is 5.26 Å². The number of anilines is 2. The van der Waals surface area contributed by atoms with Crippen LogP contribution in [0, 0.1) is 17.2 Å². The fourth-order valence-electron chi connectivity index (χ4n) is 4.71. The Kier molecular flexibility index (Phi) is 6.27. The van der Waals surface area contributed by atoms with Crippen molar-refractivity contribution in [3.05, 3.63) is 41.5 Å². The van der Waals surface area contributed by atoms with Crippen LogP contribution < -0.4 is 10.2 Å². The first kappa shape index (κ1) is 22.6. The van der Waals surface area contributed by atoms with Crippen LogP contribution in [0.4, 0.5) is 16.2 Å². The number of nitrogens with zero attached hydrogens (tertiary/aromatic N) is 6. The molecule has 2 saturated heterocycles. The Morgan fingerprint density at radius 1 is 1.15 bits per heavy atom. The van der Waals surface area contributed by atoms with Crippen LogP contribution in [0.5, 0.6) is 0 Å². The first-order valence-electron chi connectivity index (χ1n) is 11.4. The van der Waals surface area contributed by atoms with Gasteiger partial charge in [0, 0.05) is 59.4 Å². The number of nitrogens with one attached hydrogen (secondary N) is 1. The molecule has 3 heterocycles. The number of amides is 3. The number of likely N-dealkylation sites (N-methyl/N-ethyl adjacent to an activating group) is 2. The van der Waals surface area contributed by atoms with Gasteiger partial charge in [-0.1, -0.05) is 13.0 Å². The summed E-state index contributed by atoms with van der Waals surface area (Å²) in [5.74, 6) is 0.729. The summed E-state index contributed by atoms with van der Waals surface area (Å²) in [6.45, 7) is 5.45. The topological polar surface area (TPSA) is 97.5 Å². The largest absolute Gasteiger partial charge is 0.370 e. The highest BCUT2D eigenvalue weighted by molar-refractivity contribution is 6.04. The van der Waals surface area contributed by atoms with E-state index in [0.29, 0.717) is 19.0 Å². The van der Waals surface area contributed by atoms with Gasteiger partial charge in [0.25, 0.3) is 5.91 Å². The number of nitriles is 1. The molecule has 0 atom stereocenters. The summed E-state index contributed by atoms with van der Waals surface area (Å²) in [4.78, 5) is 35.1. The number of carbonyl (C=O) groups excluding carboxylic acids is 2. The second-order valence-electron chi connectivity index (χ2n) is 9.31. The molecule has 4 rings (SSSR count). The van der Waals surface area contributed by atoms with Crippen LogP contribution in [-0.4, -0.2) is 71.6 Å². The summed E-state index contributed by atoms with van der Waals surface area (Å²) in [7, 11) is 5.36. The molecule has 0 unspecified atom stereocenters. The van der Waals surface area contributed by atoms with E-state index in [1.165, 1.54) is 0 Å². The van der Waals surface area contributed by atoms with E-state index in [1.54, 1.807) is 27.6 Å². The Labute approximate surface area is 194 Å². The average molecular weight is 450 g/mol. The van der Waals surface area contributed by atoms with E-state index in [9.17, 15) is 9.59 Å². The zero-order valence-electron chi connectivity index (χ0n) is 19.7. The molecule has 2 fully saturated rings. The Hall–Kier alpha value is -3.54. The Balaban J connectivity index is 1.64. The standard InChI is InChI=1S/C24H31N7O2/c1-16-7-9-31(10-8-16)21-11-17(18-13-29(3)24(33)30(4)14-18)5-6-20(21)27-23(32)22-26-19(12-25)15-28(22)2/h5-6,11,15-16,18H,7-10,13-14H2,1-4H3,(H,27,32). The summed E-state index contributed by atoms with van der Waals surface area (Å²) < 4.78 is 1.56. The van der Waals surface area contributed by atoms with Crippen LogP contribution in [0.2, 0.25) is 0 Å². The van der Waals surface area contributed by atoms with Gasteiger partial charge in [-0.2, -0.15) is 5.26 Å². The Morgan fingerprint density at radius 3 is 2.42 bits per heavy atom. The summed E-state index contributed by atoms with van der Waals surface area (Å²) in [5.41, 5.74) is 3.08. The third-order valence-corrected chi connectivity index (χ3v) is 6.70. The molecule has 1 aromatic heterocycles. The fourth-order valence-corrected chi connectivity index (χ4v) is 4.71. The van der Waals surface area contributed by atoms with E-state index in [-0.39, 0.29) is 29.4 Å². The molecule has 0 spiro atoms. The zero-order valence-corrected chi connectivity index (χ0v) is 19.7. The fraction of sp³-hybridized carbons (Fsp3) is 0.500. The van der Waals surface area contributed by atoms with Crippen LogP contribution in [0.25, 0.3) is 0 Å². The lowest BCUT2D eigenvalue weighted by Crippen LogP contribution is -2.49. The molecule has 0 bridgehead atoms. The average Bonchev–Trinajstić information content (AvgIpc) is 3.19. The highest BCUT2D eigenvalue weighted by Crippen LogP contribution is 2.34. The van der Waals surface area contributed by atoms with Crippen LogP contribution in [0.15, 0.2) is 24.4 Å². The van der Waals surface area contributed by atoms with Gasteiger partial charge >= 0.3 is 6.03 Å². The van der Waals surface area contributed by atoms with Crippen molar-refractivity contribution in [1.82, 2.24) is 19.4 Å². The predicted molar refractivity (Wildman–Crippen MR) is 126 cm³/mol. The molecule has 0 aliphatic carbocycles. The number of hydrogen-bond donors (Lipinski definition) is 1. The molecule has 2 aliphatic rings. The molecule has 2 aliphatic heterocycles. The second-order valence-corrected chi connectivity index (χ2v) is 9.31. The maximum Gasteiger partial charge on any atom is 0.319 e. The minimum atomic E-state index is -0.346. The molecule has 3 amide bonds. The highest BCUT2D eigenvalue weighted by Gasteiger charge is 2.29. The van der Waals surface area contributed by atoms with E-state index in [0.717, 1.165) is 42.9 Å². The van der Waals surface area contributed by atoms with Crippen molar-refractivity contribution >= 4 is 23.3 Å². The second kappa shape index (κ2) is 9.14. The molecule has 0 saturated carbocycles. The molecular weight excluding hydrogens is 418 g/mol. The van der Waals surface area contributed by atoms with Crippen molar-refractivity contribution in [2.75, 3.05) is 50.5 Å². The highest BCUT2D eigenvalue weighted by atomic mass is 16.2. The number of benzene rings is 1. The van der Waals surface area contributed by atoms with Gasteiger partial charge in [-0.15, -0.1) is 0 Å². The molecule has 9 nitrogen and oxygen atoms in total. The number of hydrogen-bond acceptors (Lipinski definition) is 5. The van der Waals surface area contributed by atoms with E-state index in [4.69, 9.17) is 5.26 Å². The van der Waals surface area contributed by atoms with Crippen molar-refractivity contribution in [2.45, 2.75) is 25.7 Å². The van der Waals surface area contributed by atoms with Crippen LogP contribution in [-0.2, 0) is 7.05 Å². The van der Waals surface area contributed by atoms with Gasteiger partial charge in [0.15, 0.2) is 11.5 Å². The molecular formula is C24H31N7O2. The lowest BCUT2D eigenvalue weighted by Gasteiger charge is -2.38. The molecule has 2 aromatic rings. The van der Waals surface area contributed by atoms with Gasteiger partial charge in [0.05, 0.1) is 11.4 Å². The third kappa shape index (κ3) is 4.65. The predicted octanol–water partition coefficient (Wildman–Crippen LogP) is 2.86. The minimum Gasteiger partial charge on any atom is -0.370 e. The monoisotopic (exact) mass is 449 g/mol. The normalized spacial score (nSPS) is 17.9. The smallest absolute Gasteiger partial charge is 0.319 e. The van der Waals surface area contributed by atoms with E-state index < -0.39 is 0 Å². The molecule has 33 heavy (non-hydrogen) atoms. The van der Waals surface area contributed by atoms with Crippen LogP contribution in [0.1, 0.15) is 47.6 Å².